The minimum Gasteiger partial charge on any atom is -0.313 e. The second kappa shape index (κ2) is 10.7. The molecule has 0 fully saturated rings. The standard InChI is InChI=1S/C10H23NS2/c1-4-10(9-12-3)11-7-6-8-13-5-2/h10-11H,4-9H2,1-3H3. The maximum atomic E-state index is 3.60. The lowest BCUT2D eigenvalue weighted by Crippen LogP contribution is -2.31. The Morgan fingerprint density at radius 2 is 2.08 bits per heavy atom. The molecule has 0 aliphatic carbocycles. The molecule has 0 spiro atoms. The minimum absolute atomic E-state index is 0.724. The fraction of sp³-hybridized carbons (Fsp3) is 1.00. The number of rotatable bonds is 9. The normalized spacial score (nSPS) is 13.2. The lowest BCUT2D eigenvalue weighted by molar-refractivity contribution is 0.541. The van der Waals surface area contributed by atoms with E-state index < -0.39 is 0 Å². The van der Waals surface area contributed by atoms with E-state index in [1.165, 1.54) is 36.6 Å². The van der Waals surface area contributed by atoms with Crippen molar-refractivity contribution in [3.63, 3.8) is 0 Å². The predicted molar refractivity (Wildman–Crippen MR) is 68.1 cm³/mol. The quantitative estimate of drug-likeness (QED) is 0.601. The third kappa shape index (κ3) is 8.98. The van der Waals surface area contributed by atoms with Crippen molar-refractivity contribution >= 4 is 23.5 Å². The average molecular weight is 221 g/mol. The Balaban J connectivity index is 3.17. The molecule has 0 aromatic heterocycles. The van der Waals surface area contributed by atoms with Crippen molar-refractivity contribution in [2.24, 2.45) is 0 Å². The molecule has 80 valence electrons. The topological polar surface area (TPSA) is 12.0 Å². The van der Waals surface area contributed by atoms with Gasteiger partial charge in [-0.3, -0.25) is 0 Å². The van der Waals surface area contributed by atoms with E-state index in [1.807, 2.05) is 23.5 Å². The Hall–Kier alpha value is 0.660. The molecule has 0 aromatic rings. The van der Waals surface area contributed by atoms with Crippen LogP contribution in [-0.2, 0) is 0 Å². The van der Waals surface area contributed by atoms with Gasteiger partial charge in [0.25, 0.3) is 0 Å². The molecular weight excluding hydrogens is 198 g/mol. The third-order valence-electron chi connectivity index (χ3n) is 1.96. The van der Waals surface area contributed by atoms with Gasteiger partial charge >= 0.3 is 0 Å². The molecular formula is C10H23NS2. The summed E-state index contributed by atoms with van der Waals surface area (Å²) < 4.78 is 0. The van der Waals surface area contributed by atoms with Gasteiger partial charge in [-0.15, -0.1) is 0 Å². The Labute approximate surface area is 91.8 Å². The molecule has 0 aliphatic heterocycles. The van der Waals surface area contributed by atoms with Crippen molar-refractivity contribution < 1.29 is 0 Å². The highest BCUT2D eigenvalue weighted by Gasteiger charge is 2.02. The van der Waals surface area contributed by atoms with Crippen LogP contribution in [0.1, 0.15) is 26.7 Å². The van der Waals surface area contributed by atoms with Crippen LogP contribution < -0.4 is 5.32 Å². The first-order valence-electron chi connectivity index (χ1n) is 5.15. The van der Waals surface area contributed by atoms with Crippen molar-refractivity contribution in [1.82, 2.24) is 5.32 Å². The molecule has 1 N–H and O–H groups in total. The van der Waals surface area contributed by atoms with Crippen molar-refractivity contribution in [3.8, 4) is 0 Å². The van der Waals surface area contributed by atoms with Crippen LogP contribution in [0.4, 0.5) is 0 Å². The van der Waals surface area contributed by atoms with Gasteiger partial charge in [0, 0.05) is 11.8 Å². The summed E-state index contributed by atoms with van der Waals surface area (Å²) in [6.07, 6.45) is 4.74. The van der Waals surface area contributed by atoms with Crippen LogP contribution in [-0.4, -0.2) is 36.1 Å². The highest BCUT2D eigenvalue weighted by molar-refractivity contribution is 7.99. The fourth-order valence-electron chi connectivity index (χ4n) is 1.15. The van der Waals surface area contributed by atoms with Crippen LogP contribution in [0.3, 0.4) is 0 Å². The van der Waals surface area contributed by atoms with E-state index in [0.717, 1.165) is 6.04 Å². The Bertz CT molecular complexity index is 98.9. The Morgan fingerprint density at radius 3 is 2.62 bits per heavy atom. The molecule has 0 saturated heterocycles. The van der Waals surface area contributed by atoms with Crippen LogP contribution >= 0.6 is 23.5 Å². The molecule has 13 heavy (non-hydrogen) atoms. The van der Waals surface area contributed by atoms with Crippen molar-refractivity contribution in [2.75, 3.05) is 30.1 Å². The van der Waals surface area contributed by atoms with E-state index in [1.54, 1.807) is 0 Å². The number of hydrogen-bond donors (Lipinski definition) is 1. The van der Waals surface area contributed by atoms with Gasteiger partial charge in [-0.05, 0) is 37.1 Å². The zero-order chi connectivity index (χ0) is 9.94. The molecule has 0 amide bonds. The maximum absolute atomic E-state index is 3.60. The Morgan fingerprint density at radius 1 is 1.31 bits per heavy atom. The summed E-state index contributed by atoms with van der Waals surface area (Å²) in [5.41, 5.74) is 0. The molecule has 0 heterocycles. The van der Waals surface area contributed by atoms with Crippen molar-refractivity contribution in [2.45, 2.75) is 32.7 Å². The van der Waals surface area contributed by atoms with Gasteiger partial charge < -0.3 is 5.32 Å². The highest BCUT2D eigenvalue weighted by Crippen LogP contribution is 2.03. The molecule has 1 nitrogen and oxygen atoms in total. The summed E-state index contributed by atoms with van der Waals surface area (Å²) in [4.78, 5) is 0. The second-order valence-corrected chi connectivity index (χ2v) is 5.37. The smallest absolute Gasteiger partial charge is 0.0155 e. The molecule has 0 aromatic carbocycles. The lowest BCUT2D eigenvalue weighted by atomic mass is 10.2. The van der Waals surface area contributed by atoms with Crippen molar-refractivity contribution in [3.05, 3.63) is 0 Å². The van der Waals surface area contributed by atoms with Gasteiger partial charge in [0.15, 0.2) is 0 Å². The van der Waals surface area contributed by atoms with Gasteiger partial charge in [0.1, 0.15) is 0 Å². The largest absolute Gasteiger partial charge is 0.313 e. The Kier molecular flexibility index (Phi) is 11.3. The van der Waals surface area contributed by atoms with Crippen LogP contribution in [0.5, 0.6) is 0 Å². The molecule has 0 rings (SSSR count). The molecule has 0 bridgehead atoms. The molecule has 3 heteroatoms. The molecule has 0 aliphatic rings. The third-order valence-corrected chi connectivity index (χ3v) is 3.68. The number of nitrogens with one attached hydrogen (secondary N) is 1. The van der Waals surface area contributed by atoms with Crippen LogP contribution in [0.25, 0.3) is 0 Å². The van der Waals surface area contributed by atoms with Gasteiger partial charge in [-0.25, -0.2) is 0 Å². The lowest BCUT2D eigenvalue weighted by Gasteiger charge is -2.15. The SMILES string of the molecule is CCSCCCNC(CC)CSC. The fourth-order valence-corrected chi connectivity index (χ4v) is 2.54. The molecule has 0 radical (unpaired) electrons. The first-order valence-corrected chi connectivity index (χ1v) is 7.70. The number of thioether (sulfide) groups is 2. The van der Waals surface area contributed by atoms with E-state index in [9.17, 15) is 0 Å². The first kappa shape index (κ1) is 13.7. The molecule has 1 atom stereocenters. The average Bonchev–Trinajstić information content (AvgIpc) is 2.16. The van der Waals surface area contributed by atoms with E-state index >= 15 is 0 Å². The molecule has 1 unspecified atom stereocenters. The van der Waals surface area contributed by atoms with E-state index in [2.05, 4.69) is 25.4 Å². The first-order chi connectivity index (χ1) is 6.35. The van der Waals surface area contributed by atoms with Crippen LogP contribution in [0.15, 0.2) is 0 Å². The van der Waals surface area contributed by atoms with E-state index in [4.69, 9.17) is 0 Å². The maximum Gasteiger partial charge on any atom is 0.0155 e. The van der Waals surface area contributed by atoms with E-state index in [0.29, 0.717) is 0 Å². The predicted octanol–water partition coefficient (Wildman–Crippen LogP) is 2.86. The van der Waals surface area contributed by atoms with E-state index in [-0.39, 0.29) is 0 Å². The van der Waals surface area contributed by atoms with Crippen LogP contribution in [0, 0.1) is 0 Å². The van der Waals surface area contributed by atoms with Gasteiger partial charge in [-0.2, -0.15) is 23.5 Å². The van der Waals surface area contributed by atoms with Gasteiger partial charge in [0.05, 0.1) is 0 Å². The highest BCUT2D eigenvalue weighted by atomic mass is 32.2. The summed E-state index contributed by atoms with van der Waals surface area (Å²) in [5, 5.41) is 3.60. The van der Waals surface area contributed by atoms with Crippen LogP contribution in [0.2, 0.25) is 0 Å². The van der Waals surface area contributed by atoms with Crippen molar-refractivity contribution in [1.29, 1.82) is 0 Å². The monoisotopic (exact) mass is 221 g/mol. The van der Waals surface area contributed by atoms with Gasteiger partial charge in [-0.1, -0.05) is 13.8 Å². The second-order valence-electron chi connectivity index (χ2n) is 3.07. The molecule has 0 saturated carbocycles. The summed E-state index contributed by atoms with van der Waals surface area (Å²) in [6.45, 7) is 5.67. The number of hydrogen-bond acceptors (Lipinski definition) is 3. The minimum atomic E-state index is 0.724. The summed E-state index contributed by atoms with van der Waals surface area (Å²) >= 11 is 3.97. The summed E-state index contributed by atoms with van der Waals surface area (Å²) in [7, 11) is 0. The summed E-state index contributed by atoms with van der Waals surface area (Å²) in [5.74, 6) is 3.80. The van der Waals surface area contributed by atoms with Gasteiger partial charge in [0.2, 0.25) is 0 Å². The zero-order valence-electron chi connectivity index (χ0n) is 9.14. The zero-order valence-corrected chi connectivity index (χ0v) is 10.8. The summed E-state index contributed by atoms with van der Waals surface area (Å²) in [6, 6.07) is 0.724.